The Morgan fingerprint density at radius 1 is 1.24 bits per heavy atom. The van der Waals surface area contributed by atoms with E-state index < -0.39 is 24.0 Å². The molecule has 17 heavy (non-hydrogen) atoms. The SMILES string of the molecule is CC(=O)C(C)CC(F)(F)C(=O)c1ccccc1. The molecule has 0 saturated heterocycles. The van der Waals surface area contributed by atoms with Gasteiger partial charge in [0.25, 0.3) is 0 Å². The first-order valence-electron chi connectivity index (χ1n) is 5.32. The zero-order chi connectivity index (χ0) is 13.1. The monoisotopic (exact) mass is 240 g/mol. The largest absolute Gasteiger partial charge is 0.310 e. The number of hydrogen-bond donors (Lipinski definition) is 0. The van der Waals surface area contributed by atoms with Crippen molar-refractivity contribution in [1.29, 1.82) is 0 Å². The highest BCUT2D eigenvalue weighted by Gasteiger charge is 2.41. The number of rotatable bonds is 5. The molecule has 0 fully saturated rings. The average molecular weight is 240 g/mol. The van der Waals surface area contributed by atoms with Crippen LogP contribution in [-0.2, 0) is 4.79 Å². The molecule has 0 aliphatic carbocycles. The van der Waals surface area contributed by atoms with Gasteiger partial charge in [0.1, 0.15) is 5.78 Å². The van der Waals surface area contributed by atoms with Crippen molar-refractivity contribution >= 4 is 11.6 Å². The van der Waals surface area contributed by atoms with Gasteiger partial charge in [-0.15, -0.1) is 0 Å². The lowest BCUT2D eigenvalue weighted by Gasteiger charge is -2.17. The summed E-state index contributed by atoms with van der Waals surface area (Å²) in [5.41, 5.74) is -0.0340. The second-order valence-corrected chi connectivity index (χ2v) is 4.12. The van der Waals surface area contributed by atoms with Gasteiger partial charge >= 0.3 is 5.92 Å². The van der Waals surface area contributed by atoms with E-state index in [9.17, 15) is 18.4 Å². The van der Waals surface area contributed by atoms with Crippen molar-refractivity contribution in [2.24, 2.45) is 5.92 Å². The molecule has 0 spiro atoms. The predicted molar refractivity (Wildman–Crippen MR) is 60.2 cm³/mol. The number of halogens is 2. The molecule has 0 N–H and O–H groups in total. The topological polar surface area (TPSA) is 34.1 Å². The maximum absolute atomic E-state index is 13.6. The smallest absolute Gasteiger partial charge is 0.300 e. The fourth-order valence-electron chi connectivity index (χ4n) is 1.42. The highest BCUT2D eigenvalue weighted by Crippen LogP contribution is 2.28. The highest BCUT2D eigenvalue weighted by molar-refractivity contribution is 6.01. The van der Waals surface area contributed by atoms with E-state index in [1.54, 1.807) is 6.07 Å². The Labute approximate surface area is 98.6 Å². The fraction of sp³-hybridized carbons (Fsp3) is 0.385. The summed E-state index contributed by atoms with van der Waals surface area (Å²) >= 11 is 0. The predicted octanol–water partition coefficient (Wildman–Crippen LogP) is 3.12. The van der Waals surface area contributed by atoms with Crippen molar-refractivity contribution in [3.05, 3.63) is 35.9 Å². The molecule has 1 unspecified atom stereocenters. The number of hydrogen-bond acceptors (Lipinski definition) is 2. The summed E-state index contributed by atoms with van der Waals surface area (Å²) in [6.07, 6.45) is -0.740. The fourth-order valence-corrected chi connectivity index (χ4v) is 1.42. The maximum Gasteiger partial charge on any atom is 0.310 e. The quantitative estimate of drug-likeness (QED) is 0.741. The van der Waals surface area contributed by atoms with Crippen LogP contribution in [0.2, 0.25) is 0 Å². The zero-order valence-electron chi connectivity index (χ0n) is 9.74. The first-order valence-corrected chi connectivity index (χ1v) is 5.32. The van der Waals surface area contributed by atoms with E-state index in [1.807, 2.05) is 0 Å². The second-order valence-electron chi connectivity index (χ2n) is 4.12. The van der Waals surface area contributed by atoms with E-state index in [2.05, 4.69) is 0 Å². The highest BCUT2D eigenvalue weighted by atomic mass is 19.3. The van der Waals surface area contributed by atoms with Crippen LogP contribution in [0.3, 0.4) is 0 Å². The number of carbonyl (C=O) groups is 2. The van der Waals surface area contributed by atoms with Gasteiger partial charge in [0.2, 0.25) is 5.78 Å². The van der Waals surface area contributed by atoms with Gasteiger partial charge in [0.15, 0.2) is 0 Å². The molecule has 1 aromatic carbocycles. The second kappa shape index (κ2) is 5.17. The van der Waals surface area contributed by atoms with Gasteiger partial charge in [-0.25, -0.2) is 0 Å². The van der Waals surface area contributed by atoms with Crippen molar-refractivity contribution in [1.82, 2.24) is 0 Å². The van der Waals surface area contributed by atoms with Crippen molar-refractivity contribution < 1.29 is 18.4 Å². The van der Waals surface area contributed by atoms with E-state index >= 15 is 0 Å². The van der Waals surface area contributed by atoms with Crippen LogP contribution in [0.5, 0.6) is 0 Å². The van der Waals surface area contributed by atoms with Crippen molar-refractivity contribution in [2.45, 2.75) is 26.2 Å². The molecule has 0 aliphatic rings. The van der Waals surface area contributed by atoms with Crippen molar-refractivity contribution in [3.8, 4) is 0 Å². The minimum absolute atomic E-state index is 0.0340. The summed E-state index contributed by atoms with van der Waals surface area (Å²) in [7, 11) is 0. The Bertz CT molecular complexity index is 413. The van der Waals surface area contributed by atoms with Crippen LogP contribution in [0.4, 0.5) is 8.78 Å². The third-order valence-corrected chi connectivity index (χ3v) is 2.62. The molecule has 2 nitrogen and oxygen atoms in total. The lowest BCUT2D eigenvalue weighted by atomic mass is 9.94. The Balaban J connectivity index is 2.84. The van der Waals surface area contributed by atoms with Crippen LogP contribution in [-0.4, -0.2) is 17.5 Å². The summed E-state index contributed by atoms with van der Waals surface area (Å²) in [6, 6.07) is 7.38. The number of ketones is 2. The Morgan fingerprint density at radius 2 is 1.76 bits per heavy atom. The standard InChI is InChI=1S/C13H14F2O2/c1-9(10(2)16)8-13(14,15)12(17)11-6-4-3-5-7-11/h3-7,9H,8H2,1-2H3. The van der Waals surface area contributed by atoms with E-state index in [0.29, 0.717) is 0 Å². The van der Waals surface area contributed by atoms with E-state index in [-0.39, 0.29) is 11.3 Å². The molecule has 0 aliphatic heterocycles. The van der Waals surface area contributed by atoms with Gasteiger partial charge in [-0.2, -0.15) is 8.78 Å². The minimum Gasteiger partial charge on any atom is -0.300 e. The Hall–Kier alpha value is -1.58. The van der Waals surface area contributed by atoms with Crippen LogP contribution in [0.25, 0.3) is 0 Å². The lowest BCUT2D eigenvalue weighted by Crippen LogP contribution is -2.32. The molecular weight excluding hydrogens is 226 g/mol. The Morgan fingerprint density at radius 3 is 2.24 bits per heavy atom. The lowest BCUT2D eigenvalue weighted by molar-refractivity contribution is -0.122. The molecule has 1 aromatic rings. The van der Waals surface area contributed by atoms with E-state index in [4.69, 9.17) is 0 Å². The van der Waals surface area contributed by atoms with Gasteiger partial charge in [0, 0.05) is 17.9 Å². The number of alkyl halides is 2. The van der Waals surface area contributed by atoms with Crippen LogP contribution in [0, 0.1) is 5.92 Å². The van der Waals surface area contributed by atoms with E-state index in [1.165, 1.54) is 38.1 Å². The summed E-state index contributed by atoms with van der Waals surface area (Å²) in [4.78, 5) is 22.5. The molecule has 92 valence electrons. The van der Waals surface area contributed by atoms with Gasteiger partial charge in [-0.3, -0.25) is 9.59 Å². The van der Waals surface area contributed by atoms with Crippen LogP contribution in [0.1, 0.15) is 30.6 Å². The van der Waals surface area contributed by atoms with Gasteiger partial charge in [0.05, 0.1) is 0 Å². The molecule has 1 rings (SSSR count). The van der Waals surface area contributed by atoms with Crippen molar-refractivity contribution in [3.63, 3.8) is 0 Å². The van der Waals surface area contributed by atoms with Crippen LogP contribution in [0.15, 0.2) is 30.3 Å². The average Bonchev–Trinajstić information content (AvgIpc) is 2.28. The molecule has 4 heteroatoms. The van der Waals surface area contributed by atoms with Crippen LogP contribution >= 0.6 is 0 Å². The molecular formula is C13H14F2O2. The summed E-state index contributed by atoms with van der Waals surface area (Å²) in [5, 5.41) is 0. The molecule has 0 bridgehead atoms. The summed E-state index contributed by atoms with van der Waals surface area (Å²) < 4.78 is 27.2. The first kappa shape index (κ1) is 13.5. The third kappa shape index (κ3) is 3.44. The molecule has 0 radical (unpaired) electrons. The normalized spacial score (nSPS) is 13.2. The van der Waals surface area contributed by atoms with Gasteiger partial charge < -0.3 is 0 Å². The van der Waals surface area contributed by atoms with Crippen LogP contribution < -0.4 is 0 Å². The van der Waals surface area contributed by atoms with Crippen molar-refractivity contribution in [2.75, 3.05) is 0 Å². The summed E-state index contributed by atoms with van der Waals surface area (Å²) in [6.45, 7) is 2.64. The van der Waals surface area contributed by atoms with Gasteiger partial charge in [-0.1, -0.05) is 37.3 Å². The molecule has 0 heterocycles. The zero-order valence-corrected chi connectivity index (χ0v) is 9.74. The molecule has 0 saturated carbocycles. The van der Waals surface area contributed by atoms with E-state index in [0.717, 1.165) is 0 Å². The molecule has 0 amide bonds. The number of Topliss-reactive ketones (excluding diaryl/α,β-unsaturated/α-hetero) is 2. The first-order chi connectivity index (χ1) is 7.84. The Kier molecular flexibility index (Phi) is 4.10. The van der Waals surface area contributed by atoms with Gasteiger partial charge in [-0.05, 0) is 6.92 Å². The third-order valence-electron chi connectivity index (χ3n) is 2.62. The molecule has 0 aromatic heterocycles. The molecule has 1 atom stereocenters. The minimum atomic E-state index is -3.49. The number of benzene rings is 1. The summed E-state index contributed by atoms with van der Waals surface area (Å²) in [5.74, 6) is -5.89. The number of carbonyl (C=O) groups excluding carboxylic acids is 2. The maximum atomic E-state index is 13.6.